The fourth-order valence-electron chi connectivity index (χ4n) is 3.61. The van der Waals surface area contributed by atoms with Crippen LogP contribution >= 0.6 is 0 Å². The second-order valence-corrected chi connectivity index (χ2v) is 7.38. The molecule has 1 fully saturated rings. The zero-order valence-electron chi connectivity index (χ0n) is 17.3. The van der Waals surface area contributed by atoms with Crippen molar-refractivity contribution in [2.75, 3.05) is 34.3 Å². The number of ether oxygens (including phenoxy) is 1. The van der Waals surface area contributed by atoms with E-state index in [-0.39, 0.29) is 11.3 Å². The lowest BCUT2D eigenvalue weighted by Crippen LogP contribution is -2.35. The summed E-state index contributed by atoms with van der Waals surface area (Å²) in [5, 5.41) is 18.0. The maximum Gasteiger partial charge on any atom is 0.295 e. The van der Waals surface area contributed by atoms with Crippen molar-refractivity contribution in [1.29, 1.82) is 0 Å². The average Bonchev–Trinajstić information content (AvgIpc) is 3.16. The normalized spacial score (nSPS) is 18.7. The number of carbonyl (C=O) groups excluding carboxylic acids is 2. The van der Waals surface area contributed by atoms with Crippen LogP contribution in [-0.4, -0.2) is 71.1 Å². The van der Waals surface area contributed by atoms with Gasteiger partial charge in [-0.2, -0.15) is 5.10 Å². The summed E-state index contributed by atoms with van der Waals surface area (Å²) in [5.41, 5.74) is 2.40. The first-order valence-electron chi connectivity index (χ1n) is 9.35. The van der Waals surface area contributed by atoms with Crippen LogP contribution in [0, 0.1) is 13.8 Å². The number of likely N-dealkylation sites (tertiary alicyclic amines) is 1. The molecule has 1 aromatic heterocycles. The highest BCUT2D eigenvalue weighted by Gasteiger charge is 2.46. The van der Waals surface area contributed by atoms with Crippen molar-refractivity contribution in [1.82, 2.24) is 20.0 Å². The molecule has 8 nitrogen and oxygen atoms in total. The van der Waals surface area contributed by atoms with E-state index < -0.39 is 17.7 Å². The van der Waals surface area contributed by atoms with Crippen LogP contribution in [0.3, 0.4) is 0 Å². The molecule has 3 rings (SSSR count). The number of hydrogen-bond donors (Lipinski definition) is 2. The molecule has 1 unspecified atom stereocenters. The third-order valence-electron chi connectivity index (χ3n) is 5.10. The summed E-state index contributed by atoms with van der Waals surface area (Å²) in [7, 11) is 5.35. The van der Waals surface area contributed by atoms with E-state index in [9.17, 15) is 14.7 Å². The molecular weight excluding hydrogens is 372 g/mol. The number of likely N-dealkylation sites (N-methyl/N-ethyl adjacent to an activating group) is 1. The lowest BCUT2D eigenvalue weighted by molar-refractivity contribution is -0.140. The molecule has 0 spiro atoms. The van der Waals surface area contributed by atoms with Gasteiger partial charge in [0, 0.05) is 18.8 Å². The van der Waals surface area contributed by atoms with Gasteiger partial charge < -0.3 is 19.6 Å². The molecule has 0 radical (unpaired) electrons. The fourth-order valence-corrected chi connectivity index (χ4v) is 3.61. The lowest BCUT2D eigenvalue weighted by Gasteiger charge is -2.26. The Balaban J connectivity index is 2.20. The number of aliphatic hydroxyl groups excluding tert-OH is 1. The van der Waals surface area contributed by atoms with Crippen LogP contribution in [-0.2, 0) is 9.59 Å². The average molecular weight is 398 g/mol. The van der Waals surface area contributed by atoms with Crippen molar-refractivity contribution >= 4 is 17.4 Å². The van der Waals surface area contributed by atoms with E-state index in [0.29, 0.717) is 41.4 Å². The van der Waals surface area contributed by atoms with Gasteiger partial charge in [-0.25, -0.2) is 0 Å². The third kappa shape index (κ3) is 3.75. The Labute approximate surface area is 169 Å². The van der Waals surface area contributed by atoms with E-state index in [1.807, 2.05) is 25.1 Å². The number of aromatic nitrogens is 2. The number of benzene rings is 1. The summed E-state index contributed by atoms with van der Waals surface area (Å²) in [6.07, 6.45) is 0. The number of rotatable bonds is 6. The molecule has 2 N–H and O–H groups in total. The number of H-pyrrole nitrogens is 1. The minimum absolute atomic E-state index is 0.0645. The predicted molar refractivity (Wildman–Crippen MR) is 109 cm³/mol. The maximum absolute atomic E-state index is 13.0. The molecule has 8 heteroatoms. The van der Waals surface area contributed by atoms with Gasteiger partial charge in [-0.3, -0.25) is 14.7 Å². The number of aryl methyl sites for hydroxylation is 2. The number of carbonyl (C=O) groups is 2. The van der Waals surface area contributed by atoms with Crippen molar-refractivity contribution in [3.05, 3.63) is 52.4 Å². The van der Waals surface area contributed by atoms with Crippen LogP contribution < -0.4 is 4.74 Å². The van der Waals surface area contributed by atoms with Crippen LogP contribution in [0.5, 0.6) is 5.75 Å². The highest BCUT2D eigenvalue weighted by atomic mass is 16.5. The fraction of sp³-hybridized carbons (Fsp3) is 0.381. The van der Waals surface area contributed by atoms with Crippen LogP contribution in [0.25, 0.3) is 5.76 Å². The zero-order valence-corrected chi connectivity index (χ0v) is 17.3. The van der Waals surface area contributed by atoms with Crippen LogP contribution in [0.2, 0.25) is 0 Å². The lowest BCUT2D eigenvalue weighted by atomic mass is 9.94. The van der Waals surface area contributed by atoms with Crippen molar-refractivity contribution in [3.63, 3.8) is 0 Å². The second kappa shape index (κ2) is 8.08. The monoisotopic (exact) mass is 398 g/mol. The molecule has 1 saturated heterocycles. The second-order valence-electron chi connectivity index (χ2n) is 7.38. The van der Waals surface area contributed by atoms with E-state index in [2.05, 4.69) is 10.2 Å². The van der Waals surface area contributed by atoms with E-state index in [1.165, 1.54) is 4.90 Å². The minimum Gasteiger partial charge on any atom is -0.507 e. The molecule has 1 aliphatic rings. The van der Waals surface area contributed by atoms with Crippen LogP contribution in [0.15, 0.2) is 29.8 Å². The van der Waals surface area contributed by atoms with Crippen molar-refractivity contribution in [3.8, 4) is 5.75 Å². The van der Waals surface area contributed by atoms with Gasteiger partial charge >= 0.3 is 0 Å². The number of methoxy groups -OCH3 is 1. The van der Waals surface area contributed by atoms with Gasteiger partial charge in [0.1, 0.15) is 11.5 Å². The maximum atomic E-state index is 13.0. The summed E-state index contributed by atoms with van der Waals surface area (Å²) in [5.74, 6) is -0.933. The van der Waals surface area contributed by atoms with Crippen molar-refractivity contribution < 1.29 is 19.4 Å². The number of aromatic amines is 1. The predicted octanol–water partition coefficient (Wildman–Crippen LogP) is 2.02. The summed E-state index contributed by atoms with van der Waals surface area (Å²) in [6.45, 7) is 4.43. The molecule has 0 aliphatic carbocycles. The number of hydrogen-bond acceptors (Lipinski definition) is 6. The van der Waals surface area contributed by atoms with E-state index in [0.717, 1.165) is 0 Å². The molecule has 2 heterocycles. The third-order valence-corrected chi connectivity index (χ3v) is 5.10. The zero-order chi connectivity index (χ0) is 21.3. The molecule has 29 heavy (non-hydrogen) atoms. The smallest absolute Gasteiger partial charge is 0.295 e. The van der Waals surface area contributed by atoms with Crippen molar-refractivity contribution in [2.45, 2.75) is 19.9 Å². The van der Waals surface area contributed by atoms with Gasteiger partial charge in [0.15, 0.2) is 0 Å². The van der Waals surface area contributed by atoms with E-state index >= 15 is 0 Å². The Hall–Kier alpha value is -3.13. The summed E-state index contributed by atoms with van der Waals surface area (Å²) >= 11 is 0. The van der Waals surface area contributed by atoms with Gasteiger partial charge in [-0.1, -0.05) is 12.1 Å². The van der Waals surface area contributed by atoms with Gasteiger partial charge in [-0.05, 0) is 45.6 Å². The Bertz CT molecular complexity index is 957. The summed E-state index contributed by atoms with van der Waals surface area (Å²) in [4.78, 5) is 29.3. The topological polar surface area (TPSA) is 98.8 Å². The number of Topliss-reactive ketones (excluding diaryl/α,β-unsaturated/α-hetero) is 1. The molecule has 1 atom stereocenters. The first-order chi connectivity index (χ1) is 13.8. The Morgan fingerprint density at radius 3 is 2.62 bits per heavy atom. The van der Waals surface area contributed by atoms with Gasteiger partial charge in [0.05, 0.1) is 30.0 Å². The largest absolute Gasteiger partial charge is 0.507 e. The number of nitrogens with one attached hydrogen (secondary N) is 1. The first-order valence-corrected chi connectivity index (χ1v) is 9.35. The molecule has 0 saturated carbocycles. The number of ketones is 1. The molecule has 1 amide bonds. The molecule has 154 valence electrons. The highest BCUT2D eigenvalue weighted by Crippen LogP contribution is 2.40. The minimum atomic E-state index is -0.709. The standard InChI is InChI=1S/C21H26N4O4/c1-12-16(13(2)23-22-12)19(26)17-18(14-7-6-8-15(11-14)29-5)25(10-9-24(3)4)21(28)20(17)27/h6-8,11,18,26H,9-10H2,1-5H3,(H,22,23)/b19-17+. The Kier molecular flexibility index (Phi) is 5.74. The Morgan fingerprint density at radius 1 is 1.31 bits per heavy atom. The van der Waals surface area contributed by atoms with Gasteiger partial charge in [-0.15, -0.1) is 0 Å². The molecule has 0 bridgehead atoms. The quantitative estimate of drug-likeness (QED) is 0.439. The van der Waals surface area contributed by atoms with Crippen LogP contribution in [0.1, 0.15) is 28.6 Å². The molecule has 1 aliphatic heterocycles. The number of amides is 1. The Morgan fingerprint density at radius 2 is 2.03 bits per heavy atom. The molecule has 2 aromatic rings. The summed E-state index contributed by atoms with van der Waals surface area (Å²) in [6, 6.07) is 6.49. The number of nitrogens with zero attached hydrogens (tertiary/aromatic N) is 3. The van der Waals surface area contributed by atoms with Crippen LogP contribution in [0.4, 0.5) is 0 Å². The SMILES string of the molecule is COc1cccc(C2/C(=C(\O)c3c(C)n[nH]c3C)C(=O)C(=O)N2CCN(C)C)c1. The van der Waals surface area contributed by atoms with Gasteiger partial charge in [0.2, 0.25) is 0 Å². The summed E-state index contributed by atoms with van der Waals surface area (Å²) < 4.78 is 5.32. The first kappa shape index (κ1) is 20.6. The number of aliphatic hydroxyl groups is 1. The van der Waals surface area contributed by atoms with E-state index in [1.54, 1.807) is 39.2 Å². The molecule has 1 aromatic carbocycles. The van der Waals surface area contributed by atoms with E-state index in [4.69, 9.17) is 4.74 Å². The highest BCUT2D eigenvalue weighted by molar-refractivity contribution is 6.46. The van der Waals surface area contributed by atoms with Gasteiger partial charge in [0.25, 0.3) is 11.7 Å². The molecular formula is C21H26N4O4. The van der Waals surface area contributed by atoms with Crippen molar-refractivity contribution in [2.24, 2.45) is 0 Å².